The van der Waals surface area contributed by atoms with Gasteiger partial charge in [-0.1, -0.05) is 6.07 Å². The zero-order chi connectivity index (χ0) is 20.4. The number of ether oxygens (including phenoxy) is 1. The Hall–Kier alpha value is -2.30. The Morgan fingerprint density at radius 1 is 1.29 bits per heavy atom. The van der Waals surface area contributed by atoms with Gasteiger partial charge in [0.2, 0.25) is 11.8 Å². The summed E-state index contributed by atoms with van der Waals surface area (Å²) >= 11 is 0. The molecule has 1 N–H and O–H groups in total. The Bertz CT molecular complexity index is 797. The number of methoxy groups -OCH3 is 1. The summed E-state index contributed by atoms with van der Waals surface area (Å²) in [7, 11) is 1.68. The molecular formula is C23H32N2O3. The molecule has 2 atom stereocenters. The molecule has 1 aliphatic carbocycles. The fraction of sp³-hybridized carbons (Fsp3) is 0.565. The molecule has 2 amide bonds. The van der Waals surface area contributed by atoms with Gasteiger partial charge in [0.1, 0.15) is 5.75 Å². The van der Waals surface area contributed by atoms with Gasteiger partial charge in [-0.2, -0.15) is 0 Å². The van der Waals surface area contributed by atoms with Gasteiger partial charge in [0.05, 0.1) is 7.11 Å². The molecule has 0 saturated carbocycles. The molecule has 0 fully saturated rings. The van der Waals surface area contributed by atoms with Crippen molar-refractivity contribution in [2.45, 2.75) is 65.5 Å². The molecule has 1 aromatic rings. The maximum Gasteiger partial charge on any atom is 0.247 e. The zero-order valence-corrected chi connectivity index (χ0v) is 17.7. The first-order chi connectivity index (χ1) is 13.3. The van der Waals surface area contributed by atoms with Crippen molar-refractivity contribution < 1.29 is 14.3 Å². The highest BCUT2D eigenvalue weighted by Crippen LogP contribution is 2.42. The molecule has 0 saturated heterocycles. The van der Waals surface area contributed by atoms with Crippen LogP contribution in [0, 0.1) is 5.92 Å². The SMILES string of the molecule is COc1ccc2c(c1)CC[C@@H]1CCNC(=O)C(CC(C)N(C(C)=O)C(C)C)=C21. The minimum atomic E-state index is -0.0341. The van der Waals surface area contributed by atoms with E-state index < -0.39 is 0 Å². The lowest BCUT2D eigenvalue weighted by Crippen LogP contribution is -2.43. The van der Waals surface area contributed by atoms with Crippen LogP contribution < -0.4 is 10.1 Å². The number of carbonyl (C=O) groups is 2. The number of aryl methyl sites for hydroxylation is 1. The van der Waals surface area contributed by atoms with Crippen molar-refractivity contribution in [1.29, 1.82) is 0 Å². The van der Waals surface area contributed by atoms with Gasteiger partial charge in [-0.05, 0) is 81.2 Å². The highest BCUT2D eigenvalue weighted by Gasteiger charge is 2.33. The molecule has 1 heterocycles. The molecule has 1 aliphatic heterocycles. The number of nitrogens with one attached hydrogen (secondary N) is 1. The van der Waals surface area contributed by atoms with E-state index in [2.05, 4.69) is 17.4 Å². The summed E-state index contributed by atoms with van der Waals surface area (Å²) in [4.78, 5) is 27.0. The number of amides is 2. The Morgan fingerprint density at radius 2 is 2.04 bits per heavy atom. The third-order valence-electron chi connectivity index (χ3n) is 6.04. The molecule has 152 valence electrons. The van der Waals surface area contributed by atoms with Crippen molar-refractivity contribution in [1.82, 2.24) is 10.2 Å². The minimum absolute atomic E-state index is 0.0141. The van der Waals surface area contributed by atoms with Crippen molar-refractivity contribution >= 4 is 17.4 Å². The van der Waals surface area contributed by atoms with Crippen molar-refractivity contribution in [3.8, 4) is 5.75 Å². The highest BCUT2D eigenvalue weighted by atomic mass is 16.5. The van der Waals surface area contributed by atoms with Gasteiger partial charge in [-0.3, -0.25) is 9.59 Å². The van der Waals surface area contributed by atoms with Gasteiger partial charge in [-0.15, -0.1) is 0 Å². The van der Waals surface area contributed by atoms with E-state index in [1.54, 1.807) is 14.0 Å². The number of hydrogen-bond acceptors (Lipinski definition) is 3. The first kappa shape index (κ1) is 20.4. The molecular weight excluding hydrogens is 352 g/mol. The summed E-state index contributed by atoms with van der Waals surface area (Å²) in [6.45, 7) is 8.39. The zero-order valence-electron chi connectivity index (χ0n) is 17.7. The van der Waals surface area contributed by atoms with Gasteiger partial charge >= 0.3 is 0 Å². The molecule has 0 radical (unpaired) electrons. The van der Waals surface area contributed by atoms with E-state index in [4.69, 9.17) is 4.74 Å². The molecule has 5 heteroatoms. The average Bonchev–Trinajstić information content (AvgIpc) is 2.79. The smallest absolute Gasteiger partial charge is 0.247 e. The quantitative estimate of drug-likeness (QED) is 0.844. The fourth-order valence-corrected chi connectivity index (χ4v) is 4.93. The summed E-state index contributed by atoms with van der Waals surface area (Å²) in [6, 6.07) is 6.25. The number of allylic oxidation sites excluding steroid dienone is 1. The molecule has 0 aromatic heterocycles. The topological polar surface area (TPSA) is 58.6 Å². The third-order valence-corrected chi connectivity index (χ3v) is 6.04. The lowest BCUT2D eigenvalue weighted by atomic mass is 9.75. The van der Waals surface area contributed by atoms with Crippen LogP contribution in [0.5, 0.6) is 5.75 Å². The van der Waals surface area contributed by atoms with Crippen molar-refractivity contribution in [3.05, 3.63) is 34.9 Å². The third kappa shape index (κ3) is 3.94. The van der Waals surface area contributed by atoms with Crippen LogP contribution in [0.3, 0.4) is 0 Å². The van der Waals surface area contributed by atoms with E-state index in [-0.39, 0.29) is 23.9 Å². The van der Waals surface area contributed by atoms with Gasteiger partial charge in [0, 0.05) is 31.1 Å². The van der Waals surface area contributed by atoms with Crippen molar-refractivity contribution in [2.24, 2.45) is 5.92 Å². The standard InChI is InChI=1S/C23H32N2O3/c1-14(2)25(16(4)26)15(3)12-21-22-17(10-11-24-23(21)27)6-7-18-13-19(28-5)8-9-20(18)22/h8-9,13-15,17H,6-7,10-12H2,1-5H3,(H,24,27)/t15?,17-/m1/s1. The lowest BCUT2D eigenvalue weighted by Gasteiger charge is -2.34. The second-order valence-corrected chi connectivity index (χ2v) is 8.27. The second-order valence-electron chi connectivity index (χ2n) is 8.27. The summed E-state index contributed by atoms with van der Waals surface area (Å²) < 4.78 is 5.40. The van der Waals surface area contributed by atoms with E-state index in [1.165, 1.54) is 16.7 Å². The fourth-order valence-electron chi connectivity index (χ4n) is 4.93. The molecule has 3 rings (SSSR count). The summed E-state index contributed by atoms with van der Waals surface area (Å²) in [5.74, 6) is 1.30. The number of rotatable bonds is 5. The van der Waals surface area contributed by atoms with E-state index in [0.717, 1.165) is 30.6 Å². The molecule has 1 unspecified atom stereocenters. The van der Waals surface area contributed by atoms with Crippen molar-refractivity contribution in [2.75, 3.05) is 13.7 Å². The normalized spacial score (nSPS) is 20.1. The van der Waals surface area contributed by atoms with Crippen LogP contribution in [-0.2, 0) is 16.0 Å². The molecule has 0 bridgehead atoms. The first-order valence-corrected chi connectivity index (χ1v) is 10.3. The monoisotopic (exact) mass is 384 g/mol. The van der Waals surface area contributed by atoms with Crippen molar-refractivity contribution in [3.63, 3.8) is 0 Å². The second kappa shape index (κ2) is 8.38. The summed E-state index contributed by atoms with van der Waals surface area (Å²) in [6.07, 6.45) is 3.58. The highest BCUT2D eigenvalue weighted by molar-refractivity contribution is 6.02. The summed E-state index contributed by atoms with van der Waals surface area (Å²) in [5.41, 5.74) is 4.44. The van der Waals surface area contributed by atoms with Crippen LogP contribution >= 0.6 is 0 Å². The van der Waals surface area contributed by atoms with Crippen LogP contribution in [0.15, 0.2) is 23.8 Å². The number of benzene rings is 1. The molecule has 28 heavy (non-hydrogen) atoms. The Kier molecular flexibility index (Phi) is 6.11. The number of fused-ring (bicyclic) bond motifs is 3. The first-order valence-electron chi connectivity index (χ1n) is 10.3. The van der Waals surface area contributed by atoms with E-state index >= 15 is 0 Å². The largest absolute Gasteiger partial charge is 0.497 e. The predicted molar refractivity (Wildman–Crippen MR) is 111 cm³/mol. The molecule has 0 spiro atoms. The predicted octanol–water partition coefficient (Wildman–Crippen LogP) is 3.57. The Morgan fingerprint density at radius 3 is 2.68 bits per heavy atom. The van der Waals surface area contributed by atoms with E-state index in [0.29, 0.717) is 18.9 Å². The van der Waals surface area contributed by atoms with Crippen LogP contribution in [0.4, 0.5) is 0 Å². The van der Waals surface area contributed by atoms with Gasteiger partial charge < -0.3 is 15.0 Å². The maximum atomic E-state index is 13.0. The van der Waals surface area contributed by atoms with Gasteiger partial charge in [0.25, 0.3) is 0 Å². The minimum Gasteiger partial charge on any atom is -0.497 e. The molecule has 5 nitrogen and oxygen atoms in total. The number of hydrogen-bond donors (Lipinski definition) is 1. The van der Waals surface area contributed by atoms with Crippen LogP contribution in [-0.4, -0.2) is 42.5 Å². The molecule has 2 aliphatic rings. The molecule has 1 aromatic carbocycles. The van der Waals surface area contributed by atoms with E-state index in [9.17, 15) is 9.59 Å². The summed E-state index contributed by atoms with van der Waals surface area (Å²) in [5, 5.41) is 3.08. The average molecular weight is 385 g/mol. The van der Waals surface area contributed by atoms with Crippen LogP contribution in [0.25, 0.3) is 5.57 Å². The number of carbonyl (C=O) groups excluding carboxylic acids is 2. The van der Waals surface area contributed by atoms with Crippen LogP contribution in [0.1, 0.15) is 58.1 Å². The number of nitrogens with zero attached hydrogens (tertiary/aromatic N) is 1. The van der Waals surface area contributed by atoms with Gasteiger partial charge in [0.15, 0.2) is 0 Å². The van der Waals surface area contributed by atoms with Gasteiger partial charge in [-0.25, -0.2) is 0 Å². The Balaban J connectivity index is 2.07. The van der Waals surface area contributed by atoms with Crippen LogP contribution in [0.2, 0.25) is 0 Å². The maximum absolute atomic E-state index is 13.0. The van der Waals surface area contributed by atoms with E-state index in [1.807, 2.05) is 31.7 Å². The lowest BCUT2D eigenvalue weighted by molar-refractivity contribution is -0.133. The Labute approximate surface area is 168 Å².